The van der Waals surface area contributed by atoms with E-state index in [2.05, 4.69) is 10.4 Å². The number of benzene rings is 1. The average molecular weight is 373 g/mol. The molecule has 1 amide bonds. The second-order valence-electron chi connectivity index (χ2n) is 7.66. The van der Waals surface area contributed by atoms with Gasteiger partial charge in [0, 0.05) is 25.2 Å². The highest BCUT2D eigenvalue weighted by Crippen LogP contribution is 2.37. The first-order chi connectivity index (χ1) is 12.5. The molecule has 1 aromatic heterocycles. The van der Waals surface area contributed by atoms with Gasteiger partial charge in [-0.15, -0.1) is 0 Å². The lowest BCUT2D eigenvalue weighted by atomic mass is 9.78. The van der Waals surface area contributed by atoms with Gasteiger partial charge in [-0.25, -0.2) is 4.68 Å². The Morgan fingerprint density at radius 1 is 1.15 bits per heavy atom. The summed E-state index contributed by atoms with van der Waals surface area (Å²) in [4.78, 5) is 14.8. The zero-order valence-corrected chi connectivity index (χ0v) is 16.1. The number of amides is 1. The molecule has 1 aromatic carbocycles. The summed E-state index contributed by atoms with van der Waals surface area (Å²) < 4.78 is 1.82. The number of hydrogen-bond acceptors (Lipinski definition) is 3. The van der Waals surface area contributed by atoms with Crippen molar-refractivity contribution in [2.45, 2.75) is 33.1 Å². The fourth-order valence-electron chi connectivity index (χ4n) is 4.21. The maximum Gasteiger partial charge on any atom is 0.253 e. The van der Waals surface area contributed by atoms with Crippen molar-refractivity contribution in [3.8, 4) is 5.69 Å². The van der Waals surface area contributed by atoms with Crippen LogP contribution in [0.2, 0.25) is 5.02 Å². The SMILES string of the molecule is Cc1nn(-c2ccc(C(=O)N3CCC4(CCNC4)CC3)cc2)c(C)c1Cl. The number of hydrogen-bond donors (Lipinski definition) is 1. The highest BCUT2D eigenvalue weighted by molar-refractivity contribution is 6.31. The lowest BCUT2D eigenvalue weighted by Crippen LogP contribution is -2.44. The molecule has 2 fully saturated rings. The van der Waals surface area contributed by atoms with Crippen molar-refractivity contribution in [2.24, 2.45) is 5.41 Å². The molecule has 0 atom stereocenters. The number of rotatable bonds is 2. The fraction of sp³-hybridized carbons (Fsp3) is 0.500. The number of aromatic nitrogens is 2. The average Bonchev–Trinajstić information content (AvgIpc) is 3.22. The predicted molar refractivity (Wildman–Crippen MR) is 103 cm³/mol. The summed E-state index contributed by atoms with van der Waals surface area (Å²) in [6, 6.07) is 7.66. The standard InChI is InChI=1S/C20H25ClN4O/c1-14-18(21)15(2)25(23-14)17-5-3-16(4-6-17)19(26)24-11-8-20(9-12-24)7-10-22-13-20/h3-6,22H,7-13H2,1-2H3. The maximum absolute atomic E-state index is 12.8. The molecule has 0 radical (unpaired) electrons. The van der Waals surface area contributed by atoms with E-state index in [-0.39, 0.29) is 5.91 Å². The molecule has 0 aliphatic carbocycles. The van der Waals surface area contributed by atoms with Crippen LogP contribution in [0, 0.1) is 19.3 Å². The van der Waals surface area contributed by atoms with Crippen molar-refractivity contribution in [1.82, 2.24) is 20.0 Å². The monoisotopic (exact) mass is 372 g/mol. The van der Waals surface area contributed by atoms with Gasteiger partial charge in [-0.2, -0.15) is 5.10 Å². The molecule has 2 aromatic rings. The van der Waals surface area contributed by atoms with Crippen LogP contribution in [0.25, 0.3) is 5.69 Å². The van der Waals surface area contributed by atoms with Crippen molar-refractivity contribution in [2.75, 3.05) is 26.2 Å². The molecule has 2 aliphatic rings. The van der Waals surface area contributed by atoms with Crippen LogP contribution in [-0.2, 0) is 0 Å². The first kappa shape index (κ1) is 17.6. The summed E-state index contributed by atoms with van der Waals surface area (Å²) in [7, 11) is 0. The molecule has 2 aliphatic heterocycles. The summed E-state index contributed by atoms with van der Waals surface area (Å²) in [5.41, 5.74) is 3.81. The lowest BCUT2D eigenvalue weighted by Gasteiger charge is -2.38. The van der Waals surface area contributed by atoms with Crippen LogP contribution < -0.4 is 5.32 Å². The number of carbonyl (C=O) groups is 1. The minimum Gasteiger partial charge on any atom is -0.339 e. The number of carbonyl (C=O) groups excluding carboxylic acids is 1. The Hall–Kier alpha value is -1.85. The Bertz CT molecular complexity index is 811. The van der Waals surface area contributed by atoms with Crippen LogP contribution in [0.5, 0.6) is 0 Å². The largest absolute Gasteiger partial charge is 0.339 e. The van der Waals surface area contributed by atoms with Crippen molar-refractivity contribution in [1.29, 1.82) is 0 Å². The van der Waals surface area contributed by atoms with Crippen molar-refractivity contribution in [3.05, 3.63) is 46.2 Å². The van der Waals surface area contributed by atoms with E-state index in [4.69, 9.17) is 11.6 Å². The van der Waals surface area contributed by atoms with E-state index in [0.29, 0.717) is 10.4 Å². The van der Waals surface area contributed by atoms with Gasteiger partial charge in [0.05, 0.1) is 22.1 Å². The molecule has 2 saturated heterocycles. The van der Waals surface area contributed by atoms with Crippen LogP contribution in [0.3, 0.4) is 0 Å². The molecule has 138 valence electrons. The van der Waals surface area contributed by atoms with Gasteiger partial charge < -0.3 is 10.2 Å². The van der Waals surface area contributed by atoms with Gasteiger partial charge in [-0.3, -0.25) is 4.79 Å². The normalized spacial score (nSPS) is 19.3. The zero-order chi connectivity index (χ0) is 18.3. The van der Waals surface area contributed by atoms with Crippen LogP contribution >= 0.6 is 11.6 Å². The topological polar surface area (TPSA) is 50.2 Å². The molecule has 0 saturated carbocycles. The van der Waals surface area contributed by atoms with Crippen LogP contribution in [0.4, 0.5) is 0 Å². The quantitative estimate of drug-likeness (QED) is 0.879. The molecule has 0 bridgehead atoms. The first-order valence-electron chi connectivity index (χ1n) is 9.31. The van der Waals surface area contributed by atoms with Crippen LogP contribution in [-0.4, -0.2) is 46.8 Å². The minimum absolute atomic E-state index is 0.128. The van der Waals surface area contributed by atoms with Gasteiger partial charge in [-0.05, 0) is 69.3 Å². The molecular weight excluding hydrogens is 348 g/mol. The Balaban J connectivity index is 1.47. The third-order valence-corrected chi connectivity index (χ3v) is 6.55. The van der Waals surface area contributed by atoms with E-state index < -0.39 is 0 Å². The number of likely N-dealkylation sites (tertiary alicyclic amines) is 1. The summed E-state index contributed by atoms with van der Waals surface area (Å²) in [6.07, 6.45) is 3.46. The van der Waals surface area contributed by atoms with E-state index in [0.717, 1.165) is 61.7 Å². The van der Waals surface area contributed by atoms with E-state index >= 15 is 0 Å². The van der Waals surface area contributed by atoms with E-state index in [1.165, 1.54) is 6.42 Å². The highest BCUT2D eigenvalue weighted by atomic mass is 35.5. The number of aryl methyl sites for hydroxylation is 1. The minimum atomic E-state index is 0.128. The zero-order valence-electron chi connectivity index (χ0n) is 15.4. The number of piperidine rings is 1. The molecule has 0 unspecified atom stereocenters. The molecule has 6 heteroatoms. The first-order valence-corrected chi connectivity index (χ1v) is 9.69. The lowest BCUT2D eigenvalue weighted by molar-refractivity contribution is 0.0607. The second-order valence-corrected chi connectivity index (χ2v) is 8.04. The Kier molecular flexibility index (Phi) is 4.53. The maximum atomic E-state index is 12.8. The second kappa shape index (κ2) is 6.71. The third-order valence-electron chi connectivity index (χ3n) is 6.01. The Morgan fingerprint density at radius 2 is 1.85 bits per heavy atom. The molecule has 5 nitrogen and oxygen atoms in total. The van der Waals surface area contributed by atoms with E-state index in [1.807, 2.05) is 47.7 Å². The molecule has 1 spiro atoms. The molecule has 1 N–H and O–H groups in total. The molecule has 3 heterocycles. The number of nitrogens with one attached hydrogen (secondary N) is 1. The Labute approximate surface area is 159 Å². The number of nitrogens with zero attached hydrogens (tertiary/aromatic N) is 3. The van der Waals surface area contributed by atoms with Gasteiger partial charge in [-0.1, -0.05) is 11.6 Å². The van der Waals surface area contributed by atoms with Gasteiger partial charge in [0.2, 0.25) is 0 Å². The summed E-state index contributed by atoms with van der Waals surface area (Å²) in [5.74, 6) is 0.128. The molecule has 26 heavy (non-hydrogen) atoms. The van der Waals surface area contributed by atoms with Crippen molar-refractivity contribution < 1.29 is 4.79 Å². The van der Waals surface area contributed by atoms with Gasteiger partial charge >= 0.3 is 0 Å². The molecule has 4 rings (SSSR count). The third kappa shape index (κ3) is 3.03. The smallest absolute Gasteiger partial charge is 0.253 e. The highest BCUT2D eigenvalue weighted by Gasteiger charge is 2.38. The van der Waals surface area contributed by atoms with Crippen molar-refractivity contribution in [3.63, 3.8) is 0 Å². The van der Waals surface area contributed by atoms with Crippen LogP contribution in [0.1, 0.15) is 41.0 Å². The van der Waals surface area contributed by atoms with Crippen molar-refractivity contribution >= 4 is 17.5 Å². The van der Waals surface area contributed by atoms with Crippen LogP contribution in [0.15, 0.2) is 24.3 Å². The van der Waals surface area contributed by atoms with Gasteiger partial charge in [0.25, 0.3) is 5.91 Å². The Morgan fingerprint density at radius 3 is 2.38 bits per heavy atom. The summed E-state index contributed by atoms with van der Waals surface area (Å²) in [5, 5.41) is 8.63. The van der Waals surface area contributed by atoms with Gasteiger partial charge in [0.15, 0.2) is 0 Å². The molecular formula is C20H25ClN4O. The number of halogens is 1. The summed E-state index contributed by atoms with van der Waals surface area (Å²) in [6.45, 7) is 7.78. The van der Waals surface area contributed by atoms with E-state index in [1.54, 1.807) is 0 Å². The summed E-state index contributed by atoms with van der Waals surface area (Å²) >= 11 is 6.23. The van der Waals surface area contributed by atoms with E-state index in [9.17, 15) is 4.79 Å². The fourth-order valence-corrected chi connectivity index (χ4v) is 4.33. The predicted octanol–water partition coefficient (Wildman–Crippen LogP) is 3.36. The van der Waals surface area contributed by atoms with Gasteiger partial charge in [0.1, 0.15) is 0 Å².